The summed E-state index contributed by atoms with van der Waals surface area (Å²) in [6, 6.07) is 1.86. The first-order valence-corrected chi connectivity index (χ1v) is 7.57. The average molecular weight is 278 g/mol. The van der Waals surface area contributed by atoms with Crippen molar-refractivity contribution in [1.29, 1.82) is 0 Å². The molecule has 0 saturated carbocycles. The van der Waals surface area contributed by atoms with E-state index in [0.717, 1.165) is 30.9 Å². The van der Waals surface area contributed by atoms with Gasteiger partial charge >= 0.3 is 0 Å². The Morgan fingerprint density at radius 3 is 2.95 bits per heavy atom. The van der Waals surface area contributed by atoms with Crippen LogP contribution in [0.1, 0.15) is 48.3 Å². The van der Waals surface area contributed by atoms with Crippen LogP contribution < -0.4 is 11.1 Å². The minimum absolute atomic E-state index is 0.0270. The van der Waals surface area contributed by atoms with Crippen molar-refractivity contribution in [1.82, 2.24) is 5.32 Å². The number of nitrogens with two attached hydrogens (primary N) is 1. The summed E-state index contributed by atoms with van der Waals surface area (Å²) in [7, 11) is 0. The van der Waals surface area contributed by atoms with Crippen LogP contribution in [0.25, 0.3) is 0 Å². The number of hydrogen-bond acceptors (Lipinski definition) is 3. The monoisotopic (exact) mass is 278 g/mol. The molecule has 0 saturated heterocycles. The molecule has 1 aromatic heterocycles. The van der Waals surface area contributed by atoms with Crippen molar-refractivity contribution in [2.45, 2.75) is 33.1 Å². The maximum atomic E-state index is 12.0. The van der Waals surface area contributed by atoms with Crippen molar-refractivity contribution < 1.29 is 4.79 Å². The summed E-state index contributed by atoms with van der Waals surface area (Å²) >= 11 is 1.42. The van der Waals surface area contributed by atoms with E-state index in [9.17, 15) is 4.79 Å². The molecule has 0 aliphatic carbocycles. The fourth-order valence-corrected chi connectivity index (χ4v) is 2.46. The van der Waals surface area contributed by atoms with Crippen LogP contribution in [-0.4, -0.2) is 19.0 Å². The minimum Gasteiger partial charge on any atom is -0.351 e. The third-order valence-electron chi connectivity index (χ3n) is 2.69. The predicted octanol–water partition coefficient (Wildman–Crippen LogP) is 2.61. The highest BCUT2D eigenvalue weighted by Gasteiger charge is 2.10. The molecule has 19 heavy (non-hydrogen) atoms. The molecule has 0 unspecified atom stereocenters. The summed E-state index contributed by atoms with van der Waals surface area (Å²) in [6.07, 6.45) is 3.39. The molecular weight excluding hydrogens is 256 g/mol. The molecule has 0 aromatic carbocycles. The van der Waals surface area contributed by atoms with Gasteiger partial charge in [0, 0.05) is 12.1 Å². The largest absolute Gasteiger partial charge is 0.351 e. The third kappa shape index (κ3) is 5.91. The van der Waals surface area contributed by atoms with Crippen molar-refractivity contribution in [2.75, 3.05) is 13.1 Å². The van der Waals surface area contributed by atoms with Gasteiger partial charge in [0.25, 0.3) is 5.91 Å². The van der Waals surface area contributed by atoms with E-state index >= 15 is 0 Å². The molecule has 0 atom stereocenters. The Labute approximate surface area is 119 Å². The second-order valence-corrected chi connectivity index (χ2v) is 5.73. The fourth-order valence-electron chi connectivity index (χ4n) is 1.69. The molecule has 1 amide bonds. The van der Waals surface area contributed by atoms with E-state index in [4.69, 9.17) is 5.73 Å². The van der Waals surface area contributed by atoms with E-state index in [-0.39, 0.29) is 5.91 Å². The van der Waals surface area contributed by atoms with Crippen LogP contribution in [0.4, 0.5) is 0 Å². The van der Waals surface area contributed by atoms with Crippen LogP contribution in [-0.2, 0) is 0 Å². The molecule has 1 rings (SSSR count). The number of carbonyl (C=O) groups excluding carboxylic acids is 1. The maximum Gasteiger partial charge on any atom is 0.262 e. The van der Waals surface area contributed by atoms with Crippen molar-refractivity contribution in [3.05, 3.63) is 21.9 Å². The molecule has 1 aromatic rings. The Bertz CT molecular complexity index is 454. The lowest BCUT2D eigenvalue weighted by Gasteiger charge is -2.06. The first-order valence-electron chi connectivity index (χ1n) is 6.69. The minimum atomic E-state index is -0.0270. The Morgan fingerprint density at radius 2 is 2.26 bits per heavy atom. The maximum absolute atomic E-state index is 12.0. The van der Waals surface area contributed by atoms with Crippen LogP contribution >= 0.6 is 11.3 Å². The van der Waals surface area contributed by atoms with Crippen LogP contribution in [0, 0.1) is 17.8 Å². The number of carbonyl (C=O) groups is 1. The number of rotatable bonds is 6. The van der Waals surface area contributed by atoms with Crippen molar-refractivity contribution in [2.24, 2.45) is 11.7 Å². The van der Waals surface area contributed by atoms with Crippen molar-refractivity contribution in [3.8, 4) is 11.8 Å². The summed E-state index contributed by atoms with van der Waals surface area (Å²) in [5.74, 6) is 6.41. The number of amides is 1. The van der Waals surface area contributed by atoms with E-state index in [2.05, 4.69) is 31.0 Å². The van der Waals surface area contributed by atoms with Gasteiger partial charge in [-0.2, -0.15) is 0 Å². The van der Waals surface area contributed by atoms with Crippen LogP contribution in [0.3, 0.4) is 0 Å². The topological polar surface area (TPSA) is 55.1 Å². The standard InChI is InChI=1S/C15H22N2OS/c1-12(2)6-3-4-10-17-15(18)14-13(7-5-9-16)8-11-19-14/h8,11-12H,3-4,6,9-10,16H2,1-2H3,(H,17,18). The number of nitrogens with one attached hydrogen (secondary N) is 1. The highest BCUT2D eigenvalue weighted by atomic mass is 32.1. The van der Waals surface area contributed by atoms with Crippen molar-refractivity contribution >= 4 is 17.2 Å². The number of unbranched alkanes of at least 4 members (excludes halogenated alkanes) is 1. The quantitative estimate of drug-likeness (QED) is 0.621. The lowest BCUT2D eigenvalue weighted by atomic mass is 10.1. The van der Waals surface area contributed by atoms with Gasteiger partial charge in [-0.15, -0.1) is 11.3 Å². The lowest BCUT2D eigenvalue weighted by Crippen LogP contribution is -2.24. The summed E-state index contributed by atoms with van der Waals surface area (Å²) in [5.41, 5.74) is 6.11. The van der Waals surface area contributed by atoms with Gasteiger partial charge < -0.3 is 11.1 Å². The van der Waals surface area contributed by atoms with Crippen molar-refractivity contribution in [3.63, 3.8) is 0 Å². The van der Waals surface area contributed by atoms with E-state index < -0.39 is 0 Å². The molecule has 0 bridgehead atoms. The van der Waals surface area contributed by atoms with Gasteiger partial charge in [0.1, 0.15) is 4.88 Å². The average Bonchev–Trinajstić information content (AvgIpc) is 2.83. The van der Waals surface area contributed by atoms with E-state index in [1.807, 2.05) is 11.4 Å². The Hall–Kier alpha value is -1.31. The van der Waals surface area contributed by atoms with Gasteiger partial charge in [0.05, 0.1) is 6.54 Å². The number of hydrogen-bond donors (Lipinski definition) is 2. The predicted molar refractivity (Wildman–Crippen MR) is 81.3 cm³/mol. The van der Waals surface area contributed by atoms with E-state index in [1.54, 1.807) is 0 Å². The normalized spacial score (nSPS) is 10.1. The smallest absolute Gasteiger partial charge is 0.262 e. The summed E-state index contributed by atoms with van der Waals surface area (Å²) in [4.78, 5) is 12.7. The van der Waals surface area contributed by atoms with Crippen LogP contribution in [0.5, 0.6) is 0 Å². The molecule has 0 fully saturated rings. The summed E-state index contributed by atoms with van der Waals surface area (Å²) in [5, 5.41) is 4.83. The van der Waals surface area contributed by atoms with Gasteiger partial charge in [-0.1, -0.05) is 38.5 Å². The SMILES string of the molecule is CC(C)CCCCNC(=O)c1sccc1C#CCN. The van der Waals surface area contributed by atoms with Gasteiger partial charge in [0.15, 0.2) is 0 Å². The van der Waals surface area contributed by atoms with Gasteiger partial charge in [-0.05, 0) is 23.8 Å². The fraction of sp³-hybridized carbons (Fsp3) is 0.533. The molecular formula is C15H22N2OS. The van der Waals surface area contributed by atoms with Crippen LogP contribution in [0.2, 0.25) is 0 Å². The molecule has 0 aliphatic heterocycles. The zero-order chi connectivity index (χ0) is 14.1. The van der Waals surface area contributed by atoms with E-state index in [1.165, 1.54) is 17.8 Å². The molecule has 3 N–H and O–H groups in total. The number of thiophene rings is 1. The second-order valence-electron chi connectivity index (χ2n) is 4.81. The molecule has 3 nitrogen and oxygen atoms in total. The summed E-state index contributed by atoms with van der Waals surface area (Å²) < 4.78 is 0. The van der Waals surface area contributed by atoms with E-state index in [0.29, 0.717) is 11.4 Å². The Balaban J connectivity index is 2.39. The zero-order valence-corrected chi connectivity index (χ0v) is 12.5. The molecule has 0 radical (unpaired) electrons. The second kappa shape index (κ2) is 8.73. The van der Waals surface area contributed by atoms with Gasteiger partial charge in [-0.25, -0.2) is 0 Å². The molecule has 104 valence electrons. The first kappa shape index (κ1) is 15.7. The molecule has 0 aliphatic rings. The lowest BCUT2D eigenvalue weighted by molar-refractivity contribution is 0.0956. The molecule has 0 spiro atoms. The zero-order valence-electron chi connectivity index (χ0n) is 11.7. The molecule has 4 heteroatoms. The Morgan fingerprint density at radius 1 is 1.47 bits per heavy atom. The highest BCUT2D eigenvalue weighted by Crippen LogP contribution is 2.15. The molecule has 1 heterocycles. The van der Waals surface area contributed by atoms with Crippen LogP contribution in [0.15, 0.2) is 11.4 Å². The highest BCUT2D eigenvalue weighted by molar-refractivity contribution is 7.12. The first-order chi connectivity index (χ1) is 9.15. The third-order valence-corrected chi connectivity index (χ3v) is 3.60. The Kier molecular flexibility index (Phi) is 7.24. The van der Waals surface area contributed by atoms with Gasteiger partial charge in [-0.3, -0.25) is 4.79 Å². The van der Waals surface area contributed by atoms with Gasteiger partial charge in [0.2, 0.25) is 0 Å². The summed E-state index contributed by atoms with van der Waals surface area (Å²) in [6.45, 7) is 5.47.